The summed E-state index contributed by atoms with van der Waals surface area (Å²) in [5.74, 6) is -0.582. The predicted octanol–water partition coefficient (Wildman–Crippen LogP) is 2.14. The van der Waals surface area contributed by atoms with Crippen LogP contribution in [0.1, 0.15) is 29.9 Å². The summed E-state index contributed by atoms with van der Waals surface area (Å²) in [6.07, 6.45) is 5.13. The highest BCUT2D eigenvalue weighted by atomic mass is 16.5. The van der Waals surface area contributed by atoms with E-state index in [1.54, 1.807) is 10.9 Å². The minimum Gasteiger partial charge on any atom is -0.480 e. The topological polar surface area (TPSA) is 93.5 Å². The van der Waals surface area contributed by atoms with E-state index in [9.17, 15) is 14.7 Å². The molecule has 0 aliphatic heterocycles. The van der Waals surface area contributed by atoms with Crippen LogP contribution in [0.15, 0.2) is 42.7 Å². The summed E-state index contributed by atoms with van der Waals surface area (Å²) in [6.45, 7) is 0.148. The van der Waals surface area contributed by atoms with E-state index in [0.717, 1.165) is 24.0 Å². The number of carboxylic acid groups (broad SMARTS) is 1. The molecular weight excluding hydrogens is 310 g/mol. The van der Waals surface area contributed by atoms with Crippen LogP contribution in [0.5, 0.6) is 0 Å². The van der Waals surface area contributed by atoms with Gasteiger partial charge in [0.1, 0.15) is 12.6 Å². The number of hydrogen-bond acceptors (Lipinski definition) is 4. The van der Waals surface area contributed by atoms with Crippen LogP contribution in [-0.2, 0) is 22.7 Å². The first-order valence-electron chi connectivity index (χ1n) is 7.84. The van der Waals surface area contributed by atoms with Gasteiger partial charge in [0.15, 0.2) is 0 Å². The van der Waals surface area contributed by atoms with Gasteiger partial charge < -0.3 is 15.2 Å². The summed E-state index contributed by atoms with van der Waals surface area (Å²) in [6, 6.07) is 8.10. The van der Waals surface area contributed by atoms with Gasteiger partial charge in [-0.3, -0.25) is 4.68 Å². The zero-order valence-electron chi connectivity index (χ0n) is 13.1. The average Bonchev–Trinajstić information content (AvgIpc) is 3.33. The summed E-state index contributed by atoms with van der Waals surface area (Å²) < 4.78 is 6.60. The molecule has 1 atom stereocenters. The van der Waals surface area contributed by atoms with Crippen LogP contribution in [0.25, 0.3) is 0 Å². The average molecular weight is 329 g/mol. The van der Waals surface area contributed by atoms with E-state index in [1.807, 2.05) is 36.5 Å². The van der Waals surface area contributed by atoms with E-state index < -0.39 is 18.1 Å². The number of hydrogen-bond donors (Lipinski definition) is 2. The first-order valence-corrected chi connectivity index (χ1v) is 7.84. The van der Waals surface area contributed by atoms with Gasteiger partial charge in [-0.25, -0.2) is 9.59 Å². The molecule has 1 aliphatic rings. The van der Waals surface area contributed by atoms with Gasteiger partial charge in [-0.2, -0.15) is 5.10 Å². The molecule has 1 fully saturated rings. The fraction of sp³-hybridized carbons (Fsp3) is 0.353. The van der Waals surface area contributed by atoms with Crippen molar-refractivity contribution in [2.45, 2.75) is 38.0 Å². The fourth-order valence-electron chi connectivity index (χ4n) is 2.39. The van der Waals surface area contributed by atoms with Crippen molar-refractivity contribution in [2.24, 2.45) is 0 Å². The smallest absolute Gasteiger partial charge is 0.408 e. The molecule has 126 valence electrons. The summed E-state index contributed by atoms with van der Waals surface area (Å²) in [5, 5.41) is 15.8. The Morgan fingerprint density at radius 3 is 2.75 bits per heavy atom. The number of amides is 1. The van der Waals surface area contributed by atoms with E-state index >= 15 is 0 Å². The van der Waals surface area contributed by atoms with Crippen molar-refractivity contribution in [2.75, 3.05) is 0 Å². The lowest BCUT2D eigenvalue weighted by atomic mass is 10.2. The summed E-state index contributed by atoms with van der Waals surface area (Å²) >= 11 is 0. The molecule has 24 heavy (non-hydrogen) atoms. The Bertz CT molecular complexity index is 710. The molecule has 1 aromatic heterocycles. The number of nitrogens with one attached hydrogen (secondary N) is 1. The Morgan fingerprint density at radius 2 is 2.08 bits per heavy atom. The monoisotopic (exact) mass is 329 g/mol. The molecule has 1 saturated carbocycles. The Labute approximate surface area is 139 Å². The van der Waals surface area contributed by atoms with Crippen molar-refractivity contribution < 1.29 is 19.4 Å². The number of carbonyl (C=O) groups is 2. The number of benzene rings is 1. The van der Waals surface area contributed by atoms with Crippen molar-refractivity contribution in [1.29, 1.82) is 0 Å². The summed E-state index contributed by atoms with van der Waals surface area (Å²) in [4.78, 5) is 23.2. The Kier molecular flexibility index (Phi) is 4.79. The molecule has 2 aromatic rings. The molecule has 0 saturated heterocycles. The predicted molar refractivity (Wildman–Crippen MR) is 85.4 cm³/mol. The zero-order chi connectivity index (χ0) is 16.9. The molecule has 1 unspecified atom stereocenters. The first kappa shape index (κ1) is 16.0. The second kappa shape index (κ2) is 7.16. The van der Waals surface area contributed by atoms with Gasteiger partial charge in [-0.1, -0.05) is 30.3 Å². The number of nitrogens with zero attached hydrogens (tertiary/aromatic N) is 2. The zero-order valence-corrected chi connectivity index (χ0v) is 13.1. The molecule has 7 nitrogen and oxygen atoms in total. The molecule has 3 rings (SSSR count). The maximum atomic E-state index is 11.8. The van der Waals surface area contributed by atoms with E-state index in [2.05, 4.69) is 10.4 Å². The van der Waals surface area contributed by atoms with E-state index in [0.29, 0.717) is 5.92 Å². The SMILES string of the molecule is O=C(NC(Cn1cc(C2CC2)cn1)C(=O)O)OCc1ccccc1. The minimum atomic E-state index is -1.13. The fourth-order valence-corrected chi connectivity index (χ4v) is 2.39. The van der Waals surface area contributed by atoms with Crippen molar-refractivity contribution in [1.82, 2.24) is 15.1 Å². The highest BCUT2D eigenvalue weighted by Gasteiger charge is 2.26. The van der Waals surface area contributed by atoms with Crippen LogP contribution in [-0.4, -0.2) is 33.0 Å². The lowest BCUT2D eigenvalue weighted by Crippen LogP contribution is -2.44. The number of rotatable bonds is 7. The van der Waals surface area contributed by atoms with Crippen LogP contribution in [0.3, 0.4) is 0 Å². The Morgan fingerprint density at radius 1 is 1.33 bits per heavy atom. The van der Waals surface area contributed by atoms with E-state index in [-0.39, 0.29) is 13.2 Å². The van der Waals surface area contributed by atoms with Gasteiger partial charge in [-0.05, 0) is 29.9 Å². The van der Waals surface area contributed by atoms with Crippen LogP contribution in [0.4, 0.5) is 4.79 Å². The third-order valence-corrected chi connectivity index (χ3v) is 3.87. The Hall–Kier alpha value is -2.83. The molecule has 1 amide bonds. The molecule has 1 aliphatic carbocycles. The number of carboxylic acids is 1. The van der Waals surface area contributed by atoms with Crippen molar-refractivity contribution in [3.8, 4) is 0 Å². The largest absolute Gasteiger partial charge is 0.480 e. The first-order chi connectivity index (χ1) is 11.6. The number of aromatic nitrogens is 2. The Balaban J connectivity index is 1.52. The lowest BCUT2D eigenvalue weighted by molar-refractivity contribution is -0.139. The molecule has 0 bridgehead atoms. The number of ether oxygens (including phenoxy) is 1. The molecule has 2 N–H and O–H groups in total. The third kappa shape index (κ3) is 4.34. The van der Waals surface area contributed by atoms with Gasteiger partial charge in [0, 0.05) is 6.20 Å². The molecule has 0 radical (unpaired) electrons. The molecule has 1 aromatic carbocycles. The van der Waals surface area contributed by atoms with Crippen molar-refractivity contribution >= 4 is 12.1 Å². The maximum absolute atomic E-state index is 11.8. The van der Waals surface area contributed by atoms with Gasteiger partial charge >= 0.3 is 12.1 Å². The molecule has 0 spiro atoms. The minimum absolute atomic E-state index is 0.0580. The van der Waals surface area contributed by atoms with Gasteiger partial charge in [0.2, 0.25) is 0 Å². The van der Waals surface area contributed by atoms with Crippen molar-refractivity contribution in [3.63, 3.8) is 0 Å². The van der Waals surface area contributed by atoms with Crippen LogP contribution >= 0.6 is 0 Å². The lowest BCUT2D eigenvalue weighted by Gasteiger charge is -2.14. The van der Waals surface area contributed by atoms with E-state index in [4.69, 9.17) is 4.74 Å². The molecular formula is C17H19N3O4. The van der Waals surface area contributed by atoms with Gasteiger partial charge in [0.05, 0.1) is 12.7 Å². The number of carbonyl (C=O) groups excluding carboxylic acids is 1. The van der Waals surface area contributed by atoms with Crippen LogP contribution < -0.4 is 5.32 Å². The highest BCUT2D eigenvalue weighted by molar-refractivity contribution is 5.79. The van der Waals surface area contributed by atoms with Crippen LogP contribution in [0.2, 0.25) is 0 Å². The summed E-state index contributed by atoms with van der Waals surface area (Å²) in [5.41, 5.74) is 1.95. The highest BCUT2D eigenvalue weighted by Crippen LogP contribution is 2.39. The molecule has 1 heterocycles. The molecule has 7 heteroatoms. The van der Waals surface area contributed by atoms with E-state index in [1.165, 1.54) is 0 Å². The quantitative estimate of drug-likeness (QED) is 0.812. The third-order valence-electron chi connectivity index (χ3n) is 3.87. The van der Waals surface area contributed by atoms with Gasteiger partial charge in [-0.15, -0.1) is 0 Å². The number of aliphatic carboxylic acids is 1. The second-order valence-electron chi connectivity index (χ2n) is 5.87. The maximum Gasteiger partial charge on any atom is 0.408 e. The normalized spacial score (nSPS) is 14.8. The summed E-state index contributed by atoms with van der Waals surface area (Å²) in [7, 11) is 0. The van der Waals surface area contributed by atoms with Crippen molar-refractivity contribution in [3.05, 3.63) is 53.9 Å². The standard InChI is InChI=1S/C17H19N3O4/c21-16(22)15(10-20-9-14(8-18-20)13-6-7-13)19-17(23)24-11-12-4-2-1-3-5-12/h1-5,8-9,13,15H,6-7,10-11H2,(H,19,23)(H,21,22). The number of alkyl carbamates (subject to hydrolysis) is 1. The van der Waals surface area contributed by atoms with Gasteiger partial charge in [0.25, 0.3) is 0 Å². The van der Waals surface area contributed by atoms with Crippen LogP contribution in [0, 0.1) is 0 Å². The second-order valence-corrected chi connectivity index (χ2v) is 5.87.